The van der Waals surface area contributed by atoms with E-state index in [1.54, 1.807) is 0 Å². The minimum Gasteiger partial charge on any atom is -0.342 e. The molecule has 0 saturated carbocycles. The molecule has 1 saturated heterocycles. The van der Waals surface area contributed by atoms with Gasteiger partial charge in [0.1, 0.15) is 11.7 Å². The summed E-state index contributed by atoms with van der Waals surface area (Å²) in [6, 6.07) is 16.9. The Morgan fingerprint density at radius 3 is 2.16 bits per heavy atom. The van der Waals surface area contributed by atoms with Crippen molar-refractivity contribution in [3.8, 4) is 11.8 Å². The predicted molar refractivity (Wildman–Crippen MR) is 158 cm³/mol. The van der Waals surface area contributed by atoms with E-state index in [4.69, 9.17) is 0 Å². The molecule has 0 amide bonds. The number of piperidine rings is 1. The number of benzene rings is 2. The van der Waals surface area contributed by atoms with E-state index >= 15 is 0 Å². The Kier molecular flexibility index (Phi) is 9.25. The predicted octanol–water partition coefficient (Wildman–Crippen LogP) is 6.75. The number of unbranched alkanes of at least 4 members (excludes halogenated alkanes) is 1. The number of hydrogen-bond donors (Lipinski definition) is 2. The van der Waals surface area contributed by atoms with E-state index < -0.39 is 0 Å². The van der Waals surface area contributed by atoms with Gasteiger partial charge in [0.15, 0.2) is 0 Å². The molecular formula is C33H42N4. The first-order chi connectivity index (χ1) is 17.8. The van der Waals surface area contributed by atoms with Gasteiger partial charge in [-0.15, -0.1) is 0 Å². The molecule has 1 fully saturated rings. The molecule has 2 aliphatic heterocycles. The highest BCUT2D eigenvalue weighted by atomic mass is 15.1. The Morgan fingerprint density at radius 1 is 0.892 bits per heavy atom. The van der Waals surface area contributed by atoms with Gasteiger partial charge in [0.2, 0.25) is 0 Å². The lowest BCUT2D eigenvalue weighted by Gasteiger charge is -2.26. The highest BCUT2D eigenvalue weighted by Gasteiger charge is 2.21. The van der Waals surface area contributed by atoms with Gasteiger partial charge in [0.25, 0.3) is 0 Å². The van der Waals surface area contributed by atoms with Crippen molar-refractivity contribution in [2.24, 2.45) is 10.4 Å². The maximum atomic E-state index is 4.57. The van der Waals surface area contributed by atoms with Crippen LogP contribution in [0.15, 0.2) is 77.6 Å². The molecule has 0 unspecified atom stereocenters. The Bertz CT molecular complexity index is 1160. The lowest BCUT2D eigenvalue weighted by molar-refractivity contribution is 0.225. The fourth-order valence-corrected chi connectivity index (χ4v) is 4.70. The summed E-state index contributed by atoms with van der Waals surface area (Å²) >= 11 is 0. The van der Waals surface area contributed by atoms with Crippen molar-refractivity contribution in [1.29, 1.82) is 0 Å². The van der Waals surface area contributed by atoms with Crippen LogP contribution in [-0.2, 0) is 6.42 Å². The average Bonchev–Trinajstić information content (AvgIpc) is 3.37. The molecule has 2 aromatic carbocycles. The number of anilines is 1. The highest BCUT2D eigenvalue weighted by Crippen LogP contribution is 2.27. The first kappa shape index (κ1) is 26.8. The Morgan fingerprint density at radius 2 is 1.54 bits per heavy atom. The van der Waals surface area contributed by atoms with E-state index in [2.05, 4.69) is 90.1 Å². The lowest BCUT2D eigenvalue weighted by Crippen LogP contribution is -2.30. The monoisotopic (exact) mass is 494 g/mol. The van der Waals surface area contributed by atoms with E-state index in [-0.39, 0.29) is 5.41 Å². The fourth-order valence-electron chi connectivity index (χ4n) is 4.70. The van der Waals surface area contributed by atoms with Gasteiger partial charge in [0.05, 0.1) is 6.54 Å². The van der Waals surface area contributed by atoms with Gasteiger partial charge in [-0.3, -0.25) is 4.99 Å². The lowest BCUT2D eigenvalue weighted by atomic mass is 9.87. The average molecular weight is 495 g/mol. The molecule has 37 heavy (non-hydrogen) atoms. The van der Waals surface area contributed by atoms with E-state index in [0.29, 0.717) is 5.82 Å². The van der Waals surface area contributed by atoms with Crippen LogP contribution in [0.1, 0.15) is 69.6 Å². The van der Waals surface area contributed by atoms with Crippen LogP contribution in [0.5, 0.6) is 0 Å². The fraction of sp³-hybridized carbons (Fsp3) is 0.424. The van der Waals surface area contributed by atoms with E-state index in [1.807, 2.05) is 24.3 Å². The summed E-state index contributed by atoms with van der Waals surface area (Å²) in [5.74, 6) is 8.13. The first-order valence-corrected chi connectivity index (χ1v) is 13.8. The second-order valence-electron chi connectivity index (χ2n) is 11.2. The highest BCUT2D eigenvalue weighted by molar-refractivity contribution is 5.97. The zero-order chi connectivity index (χ0) is 26.1. The molecule has 4 nitrogen and oxygen atoms in total. The summed E-state index contributed by atoms with van der Waals surface area (Å²) in [7, 11) is 0. The van der Waals surface area contributed by atoms with Crippen molar-refractivity contribution in [1.82, 2.24) is 10.2 Å². The third kappa shape index (κ3) is 8.65. The molecule has 2 aliphatic rings. The number of hydrogen-bond acceptors (Lipinski definition) is 4. The van der Waals surface area contributed by atoms with Gasteiger partial charge in [-0.05, 0) is 111 Å². The Balaban J connectivity index is 1.20. The molecule has 4 rings (SSSR count). The van der Waals surface area contributed by atoms with Gasteiger partial charge in [0, 0.05) is 16.8 Å². The minimum atomic E-state index is 0.132. The standard InChI is InChI=1S/C33H42N4/c1-26(36-32-24-30(25-34-32)33(2,3)4)35-31-19-17-29(18-20-31)16-15-28-13-11-27(12-14-28)10-6-9-23-37-21-7-5-8-22-37/h11-14,17-20,24,35H,1,5-10,21-23,25H2,2-4H3,(H,34,36). The van der Waals surface area contributed by atoms with Crippen molar-refractivity contribution < 1.29 is 0 Å². The van der Waals surface area contributed by atoms with Gasteiger partial charge in [-0.1, -0.05) is 57.7 Å². The topological polar surface area (TPSA) is 39.7 Å². The van der Waals surface area contributed by atoms with Crippen molar-refractivity contribution in [3.63, 3.8) is 0 Å². The molecule has 0 bridgehead atoms. The smallest absolute Gasteiger partial charge is 0.126 e. The zero-order valence-electron chi connectivity index (χ0n) is 22.9. The van der Waals surface area contributed by atoms with Crippen LogP contribution in [0.2, 0.25) is 0 Å². The first-order valence-electron chi connectivity index (χ1n) is 13.8. The second kappa shape index (κ2) is 12.8. The molecule has 194 valence electrons. The zero-order valence-corrected chi connectivity index (χ0v) is 22.9. The molecule has 4 heteroatoms. The summed E-state index contributed by atoms with van der Waals surface area (Å²) in [5, 5.41) is 6.57. The van der Waals surface area contributed by atoms with Crippen molar-refractivity contribution in [2.75, 3.05) is 31.5 Å². The molecular weight excluding hydrogens is 452 g/mol. The third-order valence-electron chi connectivity index (χ3n) is 7.10. The molecule has 2 N–H and O–H groups in total. The maximum absolute atomic E-state index is 4.57. The van der Waals surface area contributed by atoms with E-state index in [1.165, 1.54) is 62.9 Å². The quantitative estimate of drug-likeness (QED) is 0.315. The van der Waals surface area contributed by atoms with Crippen LogP contribution in [0.3, 0.4) is 0 Å². The number of amidine groups is 1. The van der Waals surface area contributed by atoms with Crippen molar-refractivity contribution in [3.05, 3.63) is 89.3 Å². The van der Waals surface area contributed by atoms with Crippen molar-refractivity contribution >= 4 is 11.5 Å². The second-order valence-corrected chi connectivity index (χ2v) is 11.2. The van der Waals surface area contributed by atoms with Gasteiger partial charge < -0.3 is 15.5 Å². The third-order valence-corrected chi connectivity index (χ3v) is 7.10. The molecule has 2 aromatic rings. The maximum Gasteiger partial charge on any atom is 0.126 e. The molecule has 0 aromatic heterocycles. The summed E-state index contributed by atoms with van der Waals surface area (Å²) in [6.07, 6.45) is 9.99. The van der Waals surface area contributed by atoms with Crippen LogP contribution in [-0.4, -0.2) is 36.9 Å². The Labute approximate surface area is 224 Å². The van der Waals surface area contributed by atoms with E-state index in [9.17, 15) is 0 Å². The number of nitrogens with zero attached hydrogens (tertiary/aromatic N) is 2. The molecule has 2 heterocycles. The summed E-state index contributed by atoms with van der Waals surface area (Å²) in [4.78, 5) is 7.19. The number of nitrogens with one attached hydrogen (secondary N) is 2. The van der Waals surface area contributed by atoms with Gasteiger partial charge >= 0.3 is 0 Å². The van der Waals surface area contributed by atoms with E-state index in [0.717, 1.165) is 35.6 Å². The number of aliphatic imine (C=N–C) groups is 1. The van der Waals surface area contributed by atoms with Crippen LogP contribution < -0.4 is 10.6 Å². The van der Waals surface area contributed by atoms with Crippen LogP contribution >= 0.6 is 0 Å². The SMILES string of the molecule is C=C(NC1=NCC(C(C)(C)C)=C1)Nc1ccc(C#Cc2ccc(CCCCN3CCCCC3)cc2)cc1. The van der Waals surface area contributed by atoms with Crippen LogP contribution in [0, 0.1) is 17.3 Å². The van der Waals surface area contributed by atoms with Crippen LogP contribution in [0.4, 0.5) is 5.69 Å². The molecule has 0 radical (unpaired) electrons. The summed E-state index contributed by atoms with van der Waals surface area (Å²) in [6.45, 7) is 15.3. The number of aryl methyl sites for hydroxylation is 1. The number of rotatable bonds is 8. The molecule has 0 spiro atoms. The molecule has 0 atom stereocenters. The van der Waals surface area contributed by atoms with Gasteiger partial charge in [-0.25, -0.2) is 0 Å². The summed E-state index contributed by atoms with van der Waals surface area (Å²) in [5.41, 5.74) is 5.87. The summed E-state index contributed by atoms with van der Waals surface area (Å²) < 4.78 is 0. The van der Waals surface area contributed by atoms with Crippen molar-refractivity contribution in [2.45, 2.75) is 59.3 Å². The minimum absolute atomic E-state index is 0.132. The molecule has 0 aliphatic carbocycles. The number of likely N-dealkylation sites (tertiary alicyclic amines) is 1. The van der Waals surface area contributed by atoms with Gasteiger partial charge in [-0.2, -0.15) is 0 Å². The van der Waals surface area contributed by atoms with Crippen LogP contribution in [0.25, 0.3) is 0 Å². The Hall–Kier alpha value is -3.29. The largest absolute Gasteiger partial charge is 0.342 e. The normalized spacial score (nSPS) is 15.9.